The molecule has 1 aliphatic heterocycles. The van der Waals surface area contributed by atoms with Gasteiger partial charge in [-0.15, -0.1) is 0 Å². The van der Waals surface area contributed by atoms with Gasteiger partial charge in [0.2, 0.25) is 0 Å². The summed E-state index contributed by atoms with van der Waals surface area (Å²) in [6, 6.07) is 10.1. The van der Waals surface area contributed by atoms with E-state index in [0.717, 1.165) is 49.7 Å². The summed E-state index contributed by atoms with van der Waals surface area (Å²) in [7, 11) is 0. The zero-order valence-electron chi connectivity index (χ0n) is 14.0. The number of ether oxygens (including phenoxy) is 1. The van der Waals surface area contributed by atoms with Gasteiger partial charge in [-0.05, 0) is 12.5 Å². The van der Waals surface area contributed by atoms with Gasteiger partial charge < -0.3 is 14.6 Å². The molecule has 3 rings (SSSR count). The minimum atomic E-state index is -0.409. The molecule has 0 radical (unpaired) electrons. The Bertz CT molecular complexity index is 709. The molecule has 1 aliphatic rings. The number of morpholine rings is 1. The summed E-state index contributed by atoms with van der Waals surface area (Å²) in [6.07, 6.45) is 0.658. The quantitative estimate of drug-likeness (QED) is 0.870. The van der Waals surface area contributed by atoms with Crippen LogP contribution >= 0.6 is 0 Å². The van der Waals surface area contributed by atoms with Crippen LogP contribution in [0.1, 0.15) is 16.8 Å². The highest BCUT2D eigenvalue weighted by Crippen LogP contribution is 2.18. The molecule has 6 nitrogen and oxygen atoms in total. The van der Waals surface area contributed by atoms with Crippen LogP contribution in [0.5, 0.6) is 0 Å². The van der Waals surface area contributed by atoms with E-state index >= 15 is 0 Å². The lowest BCUT2D eigenvalue weighted by Crippen LogP contribution is -2.39. The average Bonchev–Trinajstić information content (AvgIpc) is 2.62. The van der Waals surface area contributed by atoms with Gasteiger partial charge in [-0.25, -0.2) is 4.79 Å². The SMILES string of the molecule is Cc1noc(=O)c(NCCN2CCOCC2)c1Cc1ccccc1. The third-order valence-electron chi connectivity index (χ3n) is 4.27. The number of nitrogens with one attached hydrogen (secondary N) is 1. The number of rotatable bonds is 6. The van der Waals surface area contributed by atoms with E-state index in [1.165, 1.54) is 0 Å². The van der Waals surface area contributed by atoms with E-state index in [0.29, 0.717) is 18.7 Å². The molecule has 128 valence electrons. The summed E-state index contributed by atoms with van der Waals surface area (Å²) >= 11 is 0. The summed E-state index contributed by atoms with van der Waals surface area (Å²) in [5, 5.41) is 7.14. The third kappa shape index (κ3) is 4.21. The molecule has 2 heterocycles. The molecule has 1 N–H and O–H groups in total. The molecule has 2 aromatic rings. The second kappa shape index (κ2) is 8.08. The van der Waals surface area contributed by atoms with Gasteiger partial charge >= 0.3 is 5.63 Å². The molecule has 0 spiro atoms. The minimum Gasteiger partial charge on any atom is -0.379 e. The Morgan fingerprint density at radius 1 is 1.21 bits per heavy atom. The van der Waals surface area contributed by atoms with Crippen molar-refractivity contribution in [1.82, 2.24) is 10.1 Å². The largest absolute Gasteiger partial charge is 0.381 e. The number of aryl methyl sites for hydroxylation is 1. The van der Waals surface area contributed by atoms with Gasteiger partial charge in [-0.2, -0.15) is 0 Å². The molecule has 0 aliphatic carbocycles. The fraction of sp³-hybridized carbons (Fsp3) is 0.444. The van der Waals surface area contributed by atoms with Crippen molar-refractivity contribution in [2.24, 2.45) is 0 Å². The molecule has 1 aromatic carbocycles. The van der Waals surface area contributed by atoms with E-state index in [4.69, 9.17) is 9.26 Å². The van der Waals surface area contributed by atoms with Crippen LogP contribution < -0.4 is 10.9 Å². The molecular formula is C18H23N3O3. The first kappa shape index (κ1) is 16.7. The minimum absolute atomic E-state index is 0.409. The van der Waals surface area contributed by atoms with Gasteiger partial charge in [0.15, 0.2) is 0 Å². The van der Waals surface area contributed by atoms with Gasteiger partial charge in [-0.1, -0.05) is 35.5 Å². The van der Waals surface area contributed by atoms with E-state index in [-0.39, 0.29) is 0 Å². The molecule has 24 heavy (non-hydrogen) atoms. The van der Waals surface area contributed by atoms with Crippen molar-refractivity contribution in [2.75, 3.05) is 44.7 Å². The highest BCUT2D eigenvalue weighted by molar-refractivity contribution is 5.51. The molecule has 0 bridgehead atoms. The number of anilines is 1. The maximum absolute atomic E-state index is 12.1. The number of hydrogen-bond donors (Lipinski definition) is 1. The van der Waals surface area contributed by atoms with Gasteiger partial charge in [0.25, 0.3) is 0 Å². The lowest BCUT2D eigenvalue weighted by Gasteiger charge is -2.26. The van der Waals surface area contributed by atoms with Crippen molar-refractivity contribution in [3.05, 3.63) is 57.6 Å². The predicted octanol–water partition coefficient (Wildman–Crippen LogP) is 1.68. The Kier molecular flexibility index (Phi) is 5.61. The Morgan fingerprint density at radius 2 is 1.96 bits per heavy atom. The summed E-state index contributed by atoms with van der Waals surface area (Å²) < 4.78 is 10.3. The summed E-state index contributed by atoms with van der Waals surface area (Å²) in [6.45, 7) is 6.84. The Morgan fingerprint density at radius 3 is 2.71 bits per heavy atom. The smallest absolute Gasteiger partial charge is 0.379 e. The van der Waals surface area contributed by atoms with Crippen LogP contribution in [0.3, 0.4) is 0 Å². The lowest BCUT2D eigenvalue weighted by atomic mass is 10.0. The highest BCUT2D eigenvalue weighted by atomic mass is 16.5. The maximum Gasteiger partial charge on any atom is 0.381 e. The Labute approximate surface area is 141 Å². The van der Waals surface area contributed by atoms with Crippen LogP contribution in [0.15, 0.2) is 39.6 Å². The van der Waals surface area contributed by atoms with Crippen molar-refractivity contribution in [3.63, 3.8) is 0 Å². The van der Waals surface area contributed by atoms with E-state index < -0.39 is 5.63 Å². The fourth-order valence-corrected chi connectivity index (χ4v) is 2.87. The topological polar surface area (TPSA) is 67.6 Å². The Balaban J connectivity index is 1.71. The van der Waals surface area contributed by atoms with E-state index in [1.807, 2.05) is 37.3 Å². The first-order valence-corrected chi connectivity index (χ1v) is 8.31. The maximum atomic E-state index is 12.1. The van der Waals surface area contributed by atoms with Crippen LogP contribution in [-0.4, -0.2) is 49.4 Å². The normalized spacial score (nSPS) is 15.4. The zero-order valence-corrected chi connectivity index (χ0v) is 14.0. The Hall–Kier alpha value is -2.18. The second-order valence-electron chi connectivity index (χ2n) is 5.95. The van der Waals surface area contributed by atoms with Gasteiger partial charge in [-0.3, -0.25) is 4.90 Å². The molecule has 1 saturated heterocycles. The highest BCUT2D eigenvalue weighted by Gasteiger charge is 2.15. The summed E-state index contributed by atoms with van der Waals surface area (Å²) in [4.78, 5) is 14.5. The number of hydrogen-bond acceptors (Lipinski definition) is 6. The van der Waals surface area contributed by atoms with Gasteiger partial charge in [0.1, 0.15) is 5.69 Å². The van der Waals surface area contributed by atoms with Gasteiger partial charge in [0, 0.05) is 38.2 Å². The number of aromatic nitrogens is 1. The van der Waals surface area contributed by atoms with Crippen molar-refractivity contribution in [2.45, 2.75) is 13.3 Å². The number of nitrogens with zero attached hydrogens (tertiary/aromatic N) is 2. The molecule has 1 fully saturated rings. The predicted molar refractivity (Wildman–Crippen MR) is 92.5 cm³/mol. The van der Waals surface area contributed by atoms with Crippen molar-refractivity contribution >= 4 is 5.69 Å². The molecule has 0 saturated carbocycles. The molecule has 0 unspecified atom stereocenters. The molecule has 0 atom stereocenters. The van der Waals surface area contributed by atoms with E-state index in [1.54, 1.807) is 0 Å². The van der Waals surface area contributed by atoms with Crippen LogP contribution in [0, 0.1) is 6.92 Å². The summed E-state index contributed by atoms with van der Waals surface area (Å²) in [5.74, 6) is 0. The zero-order chi connectivity index (χ0) is 16.8. The van der Waals surface area contributed by atoms with Crippen molar-refractivity contribution in [3.8, 4) is 0 Å². The molecule has 1 aromatic heterocycles. The third-order valence-corrected chi connectivity index (χ3v) is 4.27. The van der Waals surface area contributed by atoms with E-state index in [2.05, 4.69) is 15.4 Å². The lowest BCUT2D eigenvalue weighted by molar-refractivity contribution is 0.0398. The monoisotopic (exact) mass is 329 g/mol. The molecule has 0 amide bonds. The molecule has 6 heteroatoms. The molecular weight excluding hydrogens is 306 g/mol. The summed E-state index contributed by atoms with van der Waals surface area (Å²) in [5.41, 5.74) is 2.91. The van der Waals surface area contributed by atoms with E-state index in [9.17, 15) is 4.79 Å². The van der Waals surface area contributed by atoms with Crippen LogP contribution in [0.25, 0.3) is 0 Å². The standard InChI is InChI=1S/C18H23N3O3/c1-14-16(13-15-5-3-2-4-6-15)17(18(22)24-20-14)19-7-8-21-9-11-23-12-10-21/h2-6,19H,7-13H2,1H3. The van der Waals surface area contributed by atoms with Crippen molar-refractivity contribution in [1.29, 1.82) is 0 Å². The van der Waals surface area contributed by atoms with Crippen molar-refractivity contribution < 1.29 is 9.26 Å². The van der Waals surface area contributed by atoms with Crippen LogP contribution in [-0.2, 0) is 11.2 Å². The average molecular weight is 329 g/mol. The second-order valence-corrected chi connectivity index (χ2v) is 5.95. The first-order chi connectivity index (χ1) is 11.7. The number of benzene rings is 1. The fourth-order valence-electron chi connectivity index (χ4n) is 2.87. The van der Waals surface area contributed by atoms with Gasteiger partial charge in [0.05, 0.1) is 18.9 Å². The van der Waals surface area contributed by atoms with Crippen LogP contribution in [0.2, 0.25) is 0 Å². The van der Waals surface area contributed by atoms with Crippen LogP contribution in [0.4, 0.5) is 5.69 Å². The first-order valence-electron chi connectivity index (χ1n) is 8.31.